The highest BCUT2D eigenvalue weighted by atomic mass is 16.2. The molecule has 2 amide bonds. The maximum atomic E-state index is 11.8. The van der Waals surface area contributed by atoms with Crippen molar-refractivity contribution in [1.82, 2.24) is 5.32 Å². The fourth-order valence-corrected chi connectivity index (χ4v) is 1.82. The highest BCUT2D eigenvalue weighted by molar-refractivity contribution is 6.05. The van der Waals surface area contributed by atoms with Gasteiger partial charge in [-0.25, -0.2) is 0 Å². The first kappa shape index (κ1) is 13.8. The van der Waals surface area contributed by atoms with E-state index in [0.29, 0.717) is 5.56 Å². The number of imide groups is 1. The Labute approximate surface area is 118 Å². The SMILES string of the molecule is CN(CC(=O)NC(=O)c1ccccc1)c1ccccc1. The largest absolute Gasteiger partial charge is 0.365 e. The monoisotopic (exact) mass is 268 g/mol. The van der Waals surface area contributed by atoms with Crippen molar-refractivity contribution in [3.8, 4) is 0 Å². The molecule has 0 saturated carbocycles. The number of hydrogen-bond donors (Lipinski definition) is 1. The molecule has 0 aliphatic carbocycles. The normalized spacial score (nSPS) is 9.85. The Bertz CT molecular complexity index is 582. The molecule has 0 spiro atoms. The average Bonchev–Trinajstić information content (AvgIpc) is 2.49. The third-order valence-corrected chi connectivity index (χ3v) is 2.87. The summed E-state index contributed by atoms with van der Waals surface area (Å²) in [6.07, 6.45) is 0. The summed E-state index contributed by atoms with van der Waals surface area (Å²) in [7, 11) is 1.81. The predicted molar refractivity (Wildman–Crippen MR) is 78.6 cm³/mol. The third-order valence-electron chi connectivity index (χ3n) is 2.87. The molecule has 4 nitrogen and oxygen atoms in total. The molecule has 1 N–H and O–H groups in total. The van der Waals surface area contributed by atoms with Crippen molar-refractivity contribution in [3.05, 3.63) is 66.2 Å². The van der Waals surface area contributed by atoms with Crippen LogP contribution in [-0.4, -0.2) is 25.4 Å². The van der Waals surface area contributed by atoms with Crippen molar-refractivity contribution in [2.75, 3.05) is 18.5 Å². The Balaban J connectivity index is 1.91. The molecule has 102 valence electrons. The zero-order valence-corrected chi connectivity index (χ0v) is 11.2. The molecule has 0 aliphatic rings. The third kappa shape index (κ3) is 3.68. The number of anilines is 1. The van der Waals surface area contributed by atoms with Crippen LogP contribution in [0.1, 0.15) is 10.4 Å². The van der Waals surface area contributed by atoms with Crippen LogP contribution in [0.2, 0.25) is 0 Å². The first-order valence-corrected chi connectivity index (χ1v) is 6.32. The van der Waals surface area contributed by atoms with Crippen molar-refractivity contribution in [1.29, 1.82) is 0 Å². The molecule has 0 unspecified atom stereocenters. The highest BCUT2D eigenvalue weighted by Crippen LogP contribution is 2.10. The smallest absolute Gasteiger partial charge is 0.257 e. The summed E-state index contributed by atoms with van der Waals surface area (Å²) < 4.78 is 0. The van der Waals surface area contributed by atoms with E-state index in [4.69, 9.17) is 0 Å². The molecule has 0 atom stereocenters. The topological polar surface area (TPSA) is 49.4 Å². The van der Waals surface area contributed by atoms with Crippen molar-refractivity contribution in [2.45, 2.75) is 0 Å². The second kappa shape index (κ2) is 6.52. The first-order valence-electron chi connectivity index (χ1n) is 6.32. The summed E-state index contributed by atoms with van der Waals surface area (Å²) in [6, 6.07) is 18.2. The van der Waals surface area contributed by atoms with Gasteiger partial charge in [0, 0.05) is 18.3 Å². The lowest BCUT2D eigenvalue weighted by molar-refractivity contribution is -0.118. The van der Waals surface area contributed by atoms with Crippen LogP contribution < -0.4 is 10.2 Å². The second-order valence-electron chi connectivity index (χ2n) is 4.43. The van der Waals surface area contributed by atoms with Gasteiger partial charge in [0.15, 0.2) is 0 Å². The molecule has 0 bridgehead atoms. The lowest BCUT2D eigenvalue weighted by Crippen LogP contribution is -2.38. The molecule has 20 heavy (non-hydrogen) atoms. The van der Waals surface area contributed by atoms with E-state index >= 15 is 0 Å². The molecular weight excluding hydrogens is 252 g/mol. The Kier molecular flexibility index (Phi) is 4.50. The van der Waals surface area contributed by atoms with Gasteiger partial charge in [-0.3, -0.25) is 14.9 Å². The standard InChI is InChI=1S/C16H16N2O2/c1-18(14-10-6-3-7-11-14)12-15(19)17-16(20)13-8-4-2-5-9-13/h2-11H,12H2,1H3,(H,17,19,20). The maximum Gasteiger partial charge on any atom is 0.257 e. The molecule has 0 saturated heterocycles. The number of amides is 2. The number of rotatable bonds is 4. The van der Waals surface area contributed by atoms with Gasteiger partial charge >= 0.3 is 0 Å². The van der Waals surface area contributed by atoms with E-state index in [1.54, 1.807) is 29.2 Å². The van der Waals surface area contributed by atoms with Crippen LogP contribution in [-0.2, 0) is 4.79 Å². The Hall–Kier alpha value is -2.62. The lowest BCUT2D eigenvalue weighted by Gasteiger charge is -2.18. The lowest BCUT2D eigenvalue weighted by atomic mass is 10.2. The quantitative estimate of drug-likeness (QED) is 0.923. The van der Waals surface area contributed by atoms with Gasteiger partial charge in [-0.15, -0.1) is 0 Å². The van der Waals surface area contributed by atoms with Gasteiger partial charge in [-0.2, -0.15) is 0 Å². The second-order valence-corrected chi connectivity index (χ2v) is 4.43. The molecule has 0 heterocycles. The van der Waals surface area contributed by atoms with Gasteiger partial charge in [-0.05, 0) is 24.3 Å². The zero-order valence-electron chi connectivity index (χ0n) is 11.2. The first-order chi connectivity index (χ1) is 9.66. The fraction of sp³-hybridized carbons (Fsp3) is 0.125. The number of nitrogens with one attached hydrogen (secondary N) is 1. The zero-order chi connectivity index (χ0) is 14.4. The molecule has 2 aromatic carbocycles. The summed E-state index contributed by atoms with van der Waals surface area (Å²) in [5, 5.41) is 2.38. The van der Waals surface area contributed by atoms with Gasteiger partial charge in [0.25, 0.3) is 5.91 Å². The van der Waals surface area contributed by atoms with Crippen molar-refractivity contribution >= 4 is 17.5 Å². The number of hydrogen-bond acceptors (Lipinski definition) is 3. The van der Waals surface area contributed by atoms with Crippen LogP contribution in [0.25, 0.3) is 0 Å². The maximum absolute atomic E-state index is 11.8. The number of benzene rings is 2. The van der Waals surface area contributed by atoms with Gasteiger partial charge in [0.05, 0.1) is 6.54 Å². The number of carbonyl (C=O) groups is 2. The molecule has 0 fully saturated rings. The van der Waals surface area contributed by atoms with E-state index in [2.05, 4.69) is 5.32 Å². The minimum absolute atomic E-state index is 0.128. The molecule has 0 aliphatic heterocycles. The molecular formula is C16H16N2O2. The van der Waals surface area contributed by atoms with Crippen LogP contribution in [0.15, 0.2) is 60.7 Å². The Morgan fingerprint density at radius 3 is 2.10 bits per heavy atom. The van der Waals surface area contributed by atoms with Crippen LogP contribution in [0.3, 0.4) is 0 Å². The summed E-state index contributed by atoms with van der Waals surface area (Å²) >= 11 is 0. The number of para-hydroxylation sites is 1. The van der Waals surface area contributed by atoms with E-state index < -0.39 is 0 Å². The molecule has 4 heteroatoms. The summed E-state index contributed by atoms with van der Waals surface area (Å²) in [5.74, 6) is -0.706. The van der Waals surface area contributed by atoms with Gasteiger partial charge in [0.1, 0.15) is 0 Å². The number of likely N-dealkylation sites (N-methyl/N-ethyl adjacent to an activating group) is 1. The molecule has 0 aromatic heterocycles. The minimum atomic E-state index is -0.378. The molecule has 2 rings (SSSR count). The Morgan fingerprint density at radius 2 is 1.50 bits per heavy atom. The minimum Gasteiger partial charge on any atom is -0.365 e. The van der Waals surface area contributed by atoms with Crippen LogP contribution in [0, 0.1) is 0 Å². The predicted octanol–water partition coefficient (Wildman–Crippen LogP) is 2.08. The average molecular weight is 268 g/mol. The highest BCUT2D eigenvalue weighted by Gasteiger charge is 2.12. The summed E-state index contributed by atoms with van der Waals surface area (Å²) in [6.45, 7) is 0.128. The fourth-order valence-electron chi connectivity index (χ4n) is 1.82. The van der Waals surface area contributed by atoms with E-state index in [-0.39, 0.29) is 18.4 Å². The number of carbonyl (C=O) groups excluding carboxylic acids is 2. The number of nitrogens with zero attached hydrogens (tertiary/aromatic N) is 1. The van der Waals surface area contributed by atoms with Gasteiger partial charge in [0.2, 0.25) is 5.91 Å². The summed E-state index contributed by atoms with van der Waals surface area (Å²) in [5.41, 5.74) is 1.40. The Morgan fingerprint density at radius 1 is 0.950 bits per heavy atom. The van der Waals surface area contributed by atoms with Crippen molar-refractivity contribution < 1.29 is 9.59 Å². The van der Waals surface area contributed by atoms with Crippen LogP contribution >= 0.6 is 0 Å². The summed E-state index contributed by atoms with van der Waals surface area (Å²) in [4.78, 5) is 25.4. The van der Waals surface area contributed by atoms with E-state index in [1.807, 2.05) is 43.4 Å². The van der Waals surface area contributed by atoms with Gasteiger partial charge < -0.3 is 4.90 Å². The van der Waals surface area contributed by atoms with Gasteiger partial charge in [-0.1, -0.05) is 36.4 Å². The van der Waals surface area contributed by atoms with Crippen LogP contribution in [0.5, 0.6) is 0 Å². The van der Waals surface area contributed by atoms with Crippen molar-refractivity contribution in [3.63, 3.8) is 0 Å². The molecule has 2 aromatic rings. The van der Waals surface area contributed by atoms with Crippen LogP contribution in [0.4, 0.5) is 5.69 Å². The van der Waals surface area contributed by atoms with E-state index in [0.717, 1.165) is 5.69 Å². The molecule has 0 radical (unpaired) electrons. The van der Waals surface area contributed by atoms with Crippen molar-refractivity contribution in [2.24, 2.45) is 0 Å². The van der Waals surface area contributed by atoms with E-state index in [9.17, 15) is 9.59 Å². The van der Waals surface area contributed by atoms with E-state index in [1.165, 1.54) is 0 Å².